The first-order valence-corrected chi connectivity index (χ1v) is 9.79. The van der Waals surface area contributed by atoms with Crippen LogP contribution in [0.1, 0.15) is 30.0 Å². The molecule has 2 aromatic rings. The Morgan fingerprint density at radius 2 is 1.75 bits per heavy atom. The van der Waals surface area contributed by atoms with E-state index in [-0.39, 0.29) is 5.41 Å². The summed E-state index contributed by atoms with van der Waals surface area (Å²) in [4.78, 5) is 2.19. The lowest BCUT2D eigenvalue weighted by Gasteiger charge is -2.52. The van der Waals surface area contributed by atoms with Crippen molar-refractivity contribution in [3.63, 3.8) is 0 Å². The fourth-order valence-corrected chi connectivity index (χ4v) is 5.08. The Kier molecular flexibility index (Phi) is 4.98. The minimum atomic E-state index is -0.553. The number of likely N-dealkylation sites (tertiary alicyclic amines) is 1. The van der Waals surface area contributed by atoms with Crippen LogP contribution in [0.3, 0.4) is 0 Å². The molecule has 0 unspecified atom stereocenters. The van der Waals surface area contributed by atoms with Crippen molar-refractivity contribution in [3.05, 3.63) is 53.1 Å². The first kappa shape index (κ1) is 19.1. The molecule has 1 fully saturated rings. The van der Waals surface area contributed by atoms with E-state index in [1.807, 2.05) is 24.3 Å². The van der Waals surface area contributed by atoms with Gasteiger partial charge in [-0.2, -0.15) is 0 Å². The van der Waals surface area contributed by atoms with Crippen LogP contribution in [0.25, 0.3) is 0 Å². The summed E-state index contributed by atoms with van der Waals surface area (Å²) in [5.74, 6) is 2.96. The second kappa shape index (κ2) is 7.30. The van der Waals surface area contributed by atoms with E-state index in [9.17, 15) is 5.11 Å². The number of methoxy groups -OCH3 is 3. The first-order valence-electron chi connectivity index (χ1n) is 9.79. The molecule has 0 amide bonds. The van der Waals surface area contributed by atoms with Gasteiger partial charge < -0.3 is 19.3 Å². The molecule has 0 radical (unpaired) electrons. The Labute approximate surface area is 166 Å². The minimum Gasteiger partial charge on any atom is -0.497 e. The van der Waals surface area contributed by atoms with Crippen molar-refractivity contribution in [2.24, 2.45) is 5.92 Å². The molecule has 1 N–H and O–H groups in total. The number of piperidine rings is 1. The molecular weight excluding hydrogens is 354 g/mol. The van der Waals surface area contributed by atoms with Gasteiger partial charge in [0.2, 0.25) is 0 Å². The third kappa shape index (κ3) is 3.12. The van der Waals surface area contributed by atoms with Crippen LogP contribution in [0.5, 0.6) is 17.2 Å². The number of aliphatic hydroxyl groups is 1. The second-order valence-electron chi connectivity index (χ2n) is 8.20. The van der Waals surface area contributed by atoms with Crippen LogP contribution in [0.2, 0.25) is 0 Å². The summed E-state index contributed by atoms with van der Waals surface area (Å²) in [6, 6.07) is 12.1. The Bertz CT molecular complexity index is 868. The van der Waals surface area contributed by atoms with Crippen LogP contribution in [0.15, 0.2) is 36.4 Å². The van der Waals surface area contributed by atoms with Crippen molar-refractivity contribution in [3.8, 4) is 17.2 Å². The number of nitrogens with zero attached hydrogens (tertiary/aromatic N) is 1. The minimum absolute atomic E-state index is 0.289. The number of aliphatic hydroxyl groups excluding tert-OH is 1. The van der Waals surface area contributed by atoms with Crippen LogP contribution in [0, 0.1) is 5.92 Å². The molecule has 150 valence electrons. The highest BCUT2D eigenvalue weighted by Crippen LogP contribution is 2.48. The zero-order valence-corrected chi connectivity index (χ0v) is 17.1. The van der Waals surface area contributed by atoms with Crippen LogP contribution < -0.4 is 14.2 Å². The fourth-order valence-electron chi connectivity index (χ4n) is 5.08. The summed E-state index contributed by atoms with van der Waals surface area (Å²) in [6.07, 6.45) is 1.47. The highest BCUT2D eigenvalue weighted by molar-refractivity contribution is 5.44. The maximum atomic E-state index is 11.4. The molecule has 28 heavy (non-hydrogen) atoms. The number of hydrogen-bond donors (Lipinski definition) is 1. The van der Waals surface area contributed by atoms with Crippen molar-refractivity contribution in [1.29, 1.82) is 0 Å². The average Bonchev–Trinajstić information content (AvgIpc) is 2.71. The zero-order chi connectivity index (χ0) is 19.9. The Balaban J connectivity index is 1.64. The molecule has 0 spiro atoms. The van der Waals surface area contributed by atoms with Crippen molar-refractivity contribution >= 4 is 0 Å². The van der Waals surface area contributed by atoms with Crippen LogP contribution >= 0.6 is 0 Å². The lowest BCUT2D eigenvalue weighted by Crippen LogP contribution is -2.58. The first-order chi connectivity index (χ1) is 13.5. The molecule has 5 nitrogen and oxygen atoms in total. The zero-order valence-electron chi connectivity index (χ0n) is 17.1. The topological polar surface area (TPSA) is 51.2 Å². The third-order valence-electron chi connectivity index (χ3n) is 6.43. The van der Waals surface area contributed by atoms with Gasteiger partial charge in [-0.1, -0.05) is 19.1 Å². The summed E-state index contributed by atoms with van der Waals surface area (Å²) < 4.78 is 16.3. The number of rotatable bonds is 5. The largest absolute Gasteiger partial charge is 0.497 e. The SMILES string of the molecule is COc1ccc2c(c1)C[C@H]1CN(Cc3ccc(OC)cc3OC)[C@@H](O)[C@]2(C)C1. The van der Waals surface area contributed by atoms with Gasteiger partial charge in [-0.05, 0) is 48.1 Å². The lowest BCUT2D eigenvalue weighted by molar-refractivity contribution is -0.105. The third-order valence-corrected chi connectivity index (χ3v) is 6.43. The Morgan fingerprint density at radius 1 is 1.04 bits per heavy atom. The Hall–Kier alpha value is -2.24. The molecule has 4 rings (SSSR count). The quantitative estimate of drug-likeness (QED) is 0.858. The number of hydrogen-bond acceptors (Lipinski definition) is 5. The maximum Gasteiger partial charge on any atom is 0.127 e. The second-order valence-corrected chi connectivity index (χ2v) is 8.20. The molecule has 1 aliphatic carbocycles. The normalized spacial score (nSPS) is 26.5. The molecule has 3 atom stereocenters. The van der Waals surface area contributed by atoms with E-state index in [2.05, 4.69) is 24.0 Å². The monoisotopic (exact) mass is 383 g/mol. The molecule has 5 heteroatoms. The van der Waals surface area contributed by atoms with Crippen LogP contribution in [0.4, 0.5) is 0 Å². The van der Waals surface area contributed by atoms with Gasteiger partial charge >= 0.3 is 0 Å². The van der Waals surface area contributed by atoms with Gasteiger partial charge in [-0.25, -0.2) is 0 Å². The lowest BCUT2D eigenvalue weighted by atomic mass is 9.63. The fraction of sp³-hybridized carbons (Fsp3) is 0.478. The van der Waals surface area contributed by atoms with Crippen molar-refractivity contribution < 1.29 is 19.3 Å². The molecule has 2 aromatic carbocycles. The van der Waals surface area contributed by atoms with E-state index in [4.69, 9.17) is 14.2 Å². The number of ether oxygens (including phenoxy) is 3. The summed E-state index contributed by atoms with van der Waals surface area (Å²) in [7, 11) is 5.02. The molecule has 2 bridgehead atoms. The summed E-state index contributed by atoms with van der Waals surface area (Å²) in [5, 5.41) is 11.4. The highest BCUT2D eigenvalue weighted by Gasteiger charge is 2.48. The van der Waals surface area contributed by atoms with Crippen molar-refractivity contribution in [1.82, 2.24) is 4.90 Å². The van der Waals surface area contributed by atoms with Crippen molar-refractivity contribution in [2.45, 2.75) is 38.0 Å². The van der Waals surface area contributed by atoms with Crippen molar-refractivity contribution in [2.75, 3.05) is 27.9 Å². The maximum absolute atomic E-state index is 11.4. The summed E-state index contributed by atoms with van der Waals surface area (Å²) in [5.41, 5.74) is 3.31. The molecule has 0 saturated carbocycles. The average molecular weight is 383 g/mol. The number of fused-ring (bicyclic) bond motifs is 4. The molecule has 0 aromatic heterocycles. The summed E-state index contributed by atoms with van der Waals surface area (Å²) >= 11 is 0. The van der Waals surface area contributed by atoms with E-state index < -0.39 is 6.23 Å². The standard InChI is InChI=1S/C23H29NO4/c1-23-12-15(9-17-10-18(26-2)7-8-20(17)23)13-24(22(23)25)14-16-5-6-19(27-3)11-21(16)28-4/h5-8,10-11,15,22,25H,9,12-14H2,1-4H3/t15-,22+,23-/m1/s1. The van der Waals surface area contributed by atoms with Gasteiger partial charge in [0.15, 0.2) is 0 Å². The van der Waals surface area contributed by atoms with Gasteiger partial charge in [-0.3, -0.25) is 4.90 Å². The van der Waals surface area contributed by atoms with Crippen LogP contribution in [-0.2, 0) is 18.4 Å². The van der Waals surface area contributed by atoms with Crippen LogP contribution in [-0.4, -0.2) is 44.1 Å². The number of benzene rings is 2. The summed E-state index contributed by atoms with van der Waals surface area (Å²) in [6.45, 7) is 3.70. The molecule has 2 aliphatic rings. The van der Waals surface area contributed by atoms with E-state index in [1.165, 1.54) is 11.1 Å². The smallest absolute Gasteiger partial charge is 0.127 e. The van der Waals surface area contributed by atoms with E-state index in [0.717, 1.165) is 42.2 Å². The molecular formula is C23H29NO4. The molecule has 1 saturated heterocycles. The molecule has 1 heterocycles. The van der Waals surface area contributed by atoms with E-state index in [1.54, 1.807) is 21.3 Å². The van der Waals surface area contributed by atoms with Gasteiger partial charge in [0, 0.05) is 30.1 Å². The predicted octanol–water partition coefficient (Wildman–Crippen LogP) is 3.37. The predicted molar refractivity (Wildman–Crippen MR) is 108 cm³/mol. The van der Waals surface area contributed by atoms with Gasteiger partial charge in [0.05, 0.1) is 21.3 Å². The van der Waals surface area contributed by atoms with Gasteiger partial charge in [-0.15, -0.1) is 0 Å². The van der Waals surface area contributed by atoms with E-state index >= 15 is 0 Å². The van der Waals surface area contributed by atoms with Gasteiger partial charge in [0.1, 0.15) is 23.5 Å². The van der Waals surface area contributed by atoms with Gasteiger partial charge in [0.25, 0.3) is 0 Å². The highest BCUT2D eigenvalue weighted by atomic mass is 16.5. The van der Waals surface area contributed by atoms with E-state index in [0.29, 0.717) is 12.5 Å². The Morgan fingerprint density at radius 3 is 2.46 bits per heavy atom. The molecule has 1 aliphatic heterocycles.